The van der Waals surface area contributed by atoms with E-state index in [0.717, 1.165) is 0 Å². The van der Waals surface area contributed by atoms with E-state index in [9.17, 15) is 20.1 Å². The van der Waals surface area contributed by atoms with Crippen LogP contribution in [0.25, 0.3) is 0 Å². The Bertz CT molecular complexity index is 896. The standard InChI is InChI=1S/C16H14N4O4.ClH/c17-19-14(22)7-13-18-10-3-1-2-4-11(10)20(13)8-9-5-6-12(21)16(24)15(9)23;/h1-6,8H,7,17H2,(H3,19,21,22,23,24);1H/p+1. The fourth-order valence-electron chi connectivity index (χ4n) is 2.39. The molecule has 0 atom stereocenters. The highest BCUT2D eigenvalue weighted by Gasteiger charge is 2.31. The molecule has 1 amide bonds. The van der Waals surface area contributed by atoms with Crippen LogP contribution in [0.5, 0.6) is 17.2 Å². The Kier molecular flexibility index (Phi) is 5.26. The minimum atomic E-state index is -0.616. The number of hydrogen-bond acceptors (Lipinski definition) is 6. The number of fused-ring (bicyclic) bond motifs is 1. The zero-order valence-electron chi connectivity index (χ0n) is 12.9. The van der Waals surface area contributed by atoms with Crippen LogP contribution in [-0.4, -0.2) is 37.9 Å². The molecule has 130 valence electrons. The zero-order chi connectivity index (χ0) is 17.3. The second-order valence-corrected chi connectivity index (χ2v) is 5.13. The lowest BCUT2D eigenvalue weighted by Gasteiger charge is -2.05. The van der Waals surface area contributed by atoms with Gasteiger partial charge in [0.25, 0.3) is 0 Å². The number of nitrogens with one attached hydrogen (secondary N) is 1. The van der Waals surface area contributed by atoms with Gasteiger partial charge in [-0.05, 0) is 29.3 Å². The van der Waals surface area contributed by atoms with Crippen molar-refractivity contribution in [1.29, 1.82) is 0 Å². The van der Waals surface area contributed by atoms with Gasteiger partial charge in [-0.15, -0.1) is 12.4 Å². The number of phenols is 3. The number of amides is 1. The van der Waals surface area contributed by atoms with Gasteiger partial charge in [0, 0.05) is 0 Å². The monoisotopic (exact) mass is 363 g/mol. The van der Waals surface area contributed by atoms with Gasteiger partial charge in [-0.2, -0.15) is 4.58 Å². The average molecular weight is 364 g/mol. The van der Waals surface area contributed by atoms with Crippen LogP contribution in [0, 0.1) is 0 Å². The molecule has 0 aliphatic carbocycles. The number of aliphatic imine (C=N–C) groups is 1. The molecule has 1 aliphatic rings. The number of carbonyl (C=O) groups is 1. The molecule has 0 spiro atoms. The van der Waals surface area contributed by atoms with E-state index in [-0.39, 0.29) is 24.4 Å². The minimum Gasteiger partial charge on any atom is -0.504 e. The van der Waals surface area contributed by atoms with Gasteiger partial charge in [0.1, 0.15) is 12.6 Å². The smallest absolute Gasteiger partial charge is 0.314 e. The first-order chi connectivity index (χ1) is 11.5. The molecule has 0 unspecified atom stereocenters. The Labute approximate surface area is 149 Å². The van der Waals surface area contributed by atoms with E-state index in [1.165, 1.54) is 18.3 Å². The van der Waals surface area contributed by atoms with Gasteiger partial charge in [0.05, 0.1) is 5.56 Å². The lowest BCUT2D eigenvalue weighted by molar-refractivity contribution is -0.296. The molecule has 3 rings (SSSR count). The van der Waals surface area contributed by atoms with Crippen molar-refractivity contribution in [3.63, 3.8) is 0 Å². The van der Waals surface area contributed by atoms with Crippen molar-refractivity contribution in [1.82, 2.24) is 5.43 Å². The van der Waals surface area contributed by atoms with Crippen LogP contribution in [0.15, 0.2) is 41.4 Å². The topological polar surface area (TPSA) is 131 Å². The summed E-state index contributed by atoms with van der Waals surface area (Å²) in [4.78, 5) is 16.0. The van der Waals surface area contributed by atoms with Crippen molar-refractivity contribution < 1.29 is 24.7 Å². The van der Waals surface area contributed by atoms with Gasteiger partial charge in [-0.25, -0.2) is 5.84 Å². The van der Waals surface area contributed by atoms with E-state index >= 15 is 0 Å². The number of aromatic hydroxyl groups is 3. The second-order valence-electron chi connectivity index (χ2n) is 5.13. The number of nitrogens with two attached hydrogens (primary N) is 1. The molecule has 8 nitrogen and oxygen atoms in total. The number of nitrogens with zero attached hydrogens (tertiary/aromatic N) is 2. The van der Waals surface area contributed by atoms with Gasteiger partial charge in [0.2, 0.25) is 17.3 Å². The van der Waals surface area contributed by atoms with Crippen LogP contribution in [0.4, 0.5) is 11.4 Å². The van der Waals surface area contributed by atoms with E-state index in [1.807, 2.05) is 17.6 Å². The minimum absolute atomic E-state index is 0. The van der Waals surface area contributed by atoms with E-state index in [2.05, 4.69) is 4.99 Å². The first kappa shape index (κ1) is 18.2. The summed E-state index contributed by atoms with van der Waals surface area (Å²) in [6.07, 6.45) is 1.45. The number of hydrazine groups is 1. The van der Waals surface area contributed by atoms with Crippen LogP contribution < -0.4 is 11.3 Å². The Morgan fingerprint density at radius 2 is 1.88 bits per heavy atom. The number of hydrogen-bond donors (Lipinski definition) is 5. The van der Waals surface area contributed by atoms with Crippen molar-refractivity contribution in [3.8, 4) is 17.2 Å². The summed E-state index contributed by atoms with van der Waals surface area (Å²) in [5, 5.41) is 29.1. The lowest BCUT2D eigenvalue weighted by atomic mass is 10.1. The highest BCUT2D eigenvalue weighted by Crippen LogP contribution is 2.38. The number of halogens is 1. The molecule has 0 aromatic heterocycles. The SMILES string of the molecule is Cl.NNC(=O)CC1=Nc2ccccc2[N+]1=Cc1ccc(O)c(O)c1O. The summed E-state index contributed by atoms with van der Waals surface area (Å²) in [6.45, 7) is 0. The number of benzene rings is 2. The summed E-state index contributed by atoms with van der Waals surface area (Å²) in [5.74, 6) is 3.60. The molecular weight excluding hydrogens is 348 g/mol. The Morgan fingerprint density at radius 3 is 2.60 bits per heavy atom. The van der Waals surface area contributed by atoms with E-state index in [0.29, 0.717) is 17.2 Å². The largest absolute Gasteiger partial charge is 0.504 e. The van der Waals surface area contributed by atoms with Gasteiger partial charge < -0.3 is 15.3 Å². The average Bonchev–Trinajstić information content (AvgIpc) is 2.92. The molecule has 2 aromatic carbocycles. The molecule has 0 fully saturated rings. The molecule has 1 heterocycles. The third-order valence-corrected chi connectivity index (χ3v) is 3.58. The summed E-state index contributed by atoms with van der Waals surface area (Å²) in [6, 6.07) is 9.92. The van der Waals surface area contributed by atoms with Gasteiger partial charge in [-0.3, -0.25) is 10.2 Å². The fourth-order valence-corrected chi connectivity index (χ4v) is 2.39. The Balaban J connectivity index is 0.00000225. The second kappa shape index (κ2) is 7.20. The van der Waals surface area contributed by atoms with Crippen molar-refractivity contribution in [3.05, 3.63) is 42.0 Å². The van der Waals surface area contributed by atoms with Crippen LogP contribution in [0.3, 0.4) is 0 Å². The number of phenolic OH excluding ortho intramolecular Hbond substituents is 3. The van der Waals surface area contributed by atoms with Crippen LogP contribution >= 0.6 is 12.4 Å². The summed E-state index contributed by atoms with van der Waals surface area (Å²) < 4.78 is 1.62. The predicted molar refractivity (Wildman–Crippen MR) is 94.3 cm³/mol. The first-order valence-corrected chi connectivity index (χ1v) is 7.05. The number of amidine groups is 1. The molecule has 2 aromatic rings. The summed E-state index contributed by atoms with van der Waals surface area (Å²) in [7, 11) is 0. The third-order valence-electron chi connectivity index (χ3n) is 3.58. The summed E-state index contributed by atoms with van der Waals surface area (Å²) in [5.41, 5.74) is 3.68. The maximum absolute atomic E-state index is 11.6. The number of carbonyl (C=O) groups excluding carboxylic acids is 1. The highest BCUT2D eigenvalue weighted by molar-refractivity contribution is 6.02. The van der Waals surface area contributed by atoms with Crippen molar-refractivity contribution in [2.75, 3.05) is 0 Å². The maximum atomic E-state index is 11.6. The Morgan fingerprint density at radius 1 is 1.16 bits per heavy atom. The predicted octanol–water partition coefficient (Wildman–Crippen LogP) is 1.41. The van der Waals surface area contributed by atoms with Crippen LogP contribution in [-0.2, 0) is 4.79 Å². The van der Waals surface area contributed by atoms with Gasteiger partial charge in [-0.1, -0.05) is 12.1 Å². The first-order valence-electron chi connectivity index (χ1n) is 7.05. The molecule has 0 saturated carbocycles. The zero-order valence-corrected chi connectivity index (χ0v) is 13.7. The number of para-hydroxylation sites is 2. The maximum Gasteiger partial charge on any atom is 0.314 e. The quantitative estimate of drug-likeness (QED) is 0.185. The Hall–Kier alpha value is -3.10. The molecule has 6 N–H and O–H groups in total. The van der Waals surface area contributed by atoms with E-state index in [1.54, 1.807) is 16.7 Å². The highest BCUT2D eigenvalue weighted by atomic mass is 35.5. The normalized spacial score (nSPS) is 13.8. The lowest BCUT2D eigenvalue weighted by Crippen LogP contribution is -2.33. The van der Waals surface area contributed by atoms with Crippen molar-refractivity contribution in [2.45, 2.75) is 6.42 Å². The fraction of sp³-hybridized carbons (Fsp3) is 0.0625. The molecule has 0 radical (unpaired) electrons. The summed E-state index contributed by atoms with van der Waals surface area (Å²) >= 11 is 0. The van der Waals surface area contributed by atoms with E-state index in [4.69, 9.17) is 5.84 Å². The van der Waals surface area contributed by atoms with Gasteiger partial charge >= 0.3 is 5.84 Å². The molecule has 25 heavy (non-hydrogen) atoms. The van der Waals surface area contributed by atoms with Crippen molar-refractivity contribution >= 4 is 41.7 Å². The van der Waals surface area contributed by atoms with Crippen LogP contribution in [0.1, 0.15) is 12.0 Å². The number of rotatable bonds is 3. The van der Waals surface area contributed by atoms with Crippen molar-refractivity contribution in [2.24, 2.45) is 10.8 Å². The van der Waals surface area contributed by atoms with Crippen LogP contribution in [0.2, 0.25) is 0 Å². The van der Waals surface area contributed by atoms with E-state index < -0.39 is 23.2 Å². The molecule has 0 saturated heterocycles. The molecular formula is C16H16ClN4O4+. The van der Waals surface area contributed by atoms with Gasteiger partial charge in [0.15, 0.2) is 17.2 Å². The molecule has 0 bridgehead atoms. The molecule has 1 aliphatic heterocycles. The molecule has 9 heteroatoms. The third kappa shape index (κ3) is 3.39.